The predicted molar refractivity (Wildman–Crippen MR) is 53.3 cm³/mol. The minimum atomic E-state index is -0.458. The van der Waals surface area contributed by atoms with Crippen molar-refractivity contribution in [2.75, 3.05) is 7.05 Å². The Bertz CT molecular complexity index is 318. The van der Waals surface area contributed by atoms with Crippen LogP contribution in [0.25, 0.3) is 0 Å². The first-order valence-corrected chi connectivity index (χ1v) is 4.49. The van der Waals surface area contributed by atoms with E-state index in [0.29, 0.717) is 6.54 Å². The molecular formula is C9H16N4O. The second-order valence-corrected chi connectivity index (χ2v) is 3.44. The highest BCUT2D eigenvalue weighted by Gasteiger charge is 2.14. The van der Waals surface area contributed by atoms with E-state index in [-0.39, 0.29) is 5.91 Å². The first-order valence-electron chi connectivity index (χ1n) is 4.49. The van der Waals surface area contributed by atoms with Gasteiger partial charge in [0.15, 0.2) is 0 Å². The molecule has 1 unspecified atom stereocenters. The lowest BCUT2D eigenvalue weighted by molar-refractivity contribution is -0.131. The number of aryl methyl sites for hydroxylation is 1. The number of aromatic nitrogens is 2. The van der Waals surface area contributed by atoms with Gasteiger partial charge in [-0.3, -0.25) is 4.79 Å². The third-order valence-corrected chi connectivity index (χ3v) is 2.07. The van der Waals surface area contributed by atoms with E-state index in [0.717, 1.165) is 5.82 Å². The molecule has 14 heavy (non-hydrogen) atoms. The summed E-state index contributed by atoms with van der Waals surface area (Å²) < 4.78 is 1.88. The van der Waals surface area contributed by atoms with E-state index in [4.69, 9.17) is 5.73 Å². The van der Waals surface area contributed by atoms with Crippen LogP contribution in [-0.2, 0) is 18.4 Å². The number of rotatable bonds is 3. The molecule has 78 valence electrons. The quantitative estimate of drug-likeness (QED) is 0.723. The Morgan fingerprint density at radius 1 is 1.79 bits per heavy atom. The van der Waals surface area contributed by atoms with Crippen LogP contribution in [0.15, 0.2) is 12.4 Å². The Hall–Kier alpha value is -1.36. The van der Waals surface area contributed by atoms with E-state index in [1.54, 1.807) is 25.1 Å². The summed E-state index contributed by atoms with van der Waals surface area (Å²) in [6.07, 6.45) is 3.55. The summed E-state index contributed by atoms with van der Waals surface area (Å²) in [6, 6.07) is -0.458. The lowest BCUT2D eigenvalue weighted by atomic mass is 10.3. The molecule has 1 aromatic rings. The van der Waals surface area contributed by atoms with Crippen LogP contribution in [0.5, 0.6) is 0 Å². The van der Waals surface area contributed by atoms with Crippen LogP contribution in [0, 0.1) is 0 Å². The van der Waals surface area contributed by atoms with Crippen LogP contribution in [0.1, 0.15) is 12.7 Å². The van der Waals surface area contributed by atoms with Crippen LogP contribution < -0.4 is 5.73 Å². The van der Waals surface area contributed by atoms with Gasteiger partial charge in [-0.05, 0) is 6.92 Å². The van der Waals surface area contributed by atoms with Crippen LogP contribution in [0.2, 0.25) is 0 Å². The normalized spacial score (nSPS) is 12.6. The Morgan fingerprint density at radius 3 is 2.86 bits per heavy atom. The molecule has 1 rings (SSSR count). The summed E-state index contributed by atoms with van der Waals surface area (Å²) in [4.78, 5) is 17.1. The Labute approximate surface area is 83.5 Å². The molecule has 0 spiro atoms. The standard InChI is InChI=1S/C9H16N4O/c1-7(10)9(14)13(3)6-8-11-4-5-12(8)2/h4-5,7H,6,10H2,1-3H3. The Balaban J connectivity index is 2.62. The first kappa shape index (κ1) is 10.7. The summed E-state index contributed by atoms with van der Waals surface area (Å²) >= 11 is 0. The molecule has 0 aliphatic rings. The molecule has 1 amide bonds. The van der Waals surface area contributed by atoms with Gasteiger partial charge in [-0.15, -0.1) is 0 Å². The van der Waals surface area contributed by atoms with Gasteiger partial charge in [0.05, 0.1) is 12.6 Å². The molecule has 0 aliphatic carbocycles. The highest BCUT2D eigenvalue weighted by molar-refractivity contribution is 5.80. The smallest absolute Gasteiger partial charge is 0.239 e. The Kier molecular flexibility index (Phi) is 3.24. The maximum Gasteiger partial charge on any atom is 0.239 e. The number of amides is 1. The van der Waals surface area contributed by atoms with Crippen LogP contribution in [-0.4, -0.2) is 33.4 Å². The zero-order valence-electron chi connectivity index (χ0n) is 8.77. The molecule has 5 heteroatoms. The van der Waals surface area contributed by atoms with Crippen molar-refractivity contribution in [2.24, 2.45) is 12.8 Å². The van der Waals surface area contributed by atoms with Gasteiger partial charge in [-0.25, -0.2) is 4.98 Å². The van der Waals surface area contributed by atoms with Crippen LogP contribution in [0.4, 0.5) is 0 Å². The van der Waals surface area contributed by atoms with Crippen molar-refractivity contribution in [1.82, 2.24) is 14.5 Å². The maximum absolute atomic E-state index is 11.4. The summed E-state index contributed by atoms with van der Waals surface area (Å²) in [5.74, 6) is 0.773. The summed E-state index contributed by atoms with van der Waals surface area (Å²) in [5.41, 5.74) is 5.49. The number of likely N-dealkylation sites (N-methyl/N-ethyl adjacent to an activating group) is 1. The number of imidazole rings is 1. The van der Waals surface area contributed by atoms with Crippen molar-refractivity contribution in [2.45, 2.75) is 19.5 Å². The highest BCUT2D eigenvalue weighted by Crippen LogP contribution is 2.00. The van der Waals surface area contributed by atoms with Crippen LogP contribution in [0.3, 0.4) is 0 Å². The fourth-order valence-electron chi connectivity index (χ4n) is 1.19. The van der Waals surface area contributed by atoms with Crippen molar-refractivity contribution in [1.29, 1.82) is 0 Å². The van der Waals surface area contributed by atoms with Gasteiger partial charge in [0.2, 0.25) is 5.91 Å². The molecule has 2 N–H and O–H groups in total. The van der Waals surface area contributed by atoms with Gasteiger partial charge in [0.1, 0.15) is 5.82 Å². The third-order valence-electron chi connectivity index (χ3n) is 2.07. The average Bonchev–Trinajstić information content (AvgIpc) is 2.50. The van der Waals surface area contributed by atoms with E-state index in [1.807, 2.05) is 17.8 Å². The molecule has 5 nitrogen and oxygen atoms in total. The van der Waals surface area contributed by atoms with Crippen LogP contribution >= 0.6 is 0 Å². The first-order chi connectivity index (χ1) is 6.52. The molecule has 1 heterocycles. The number of hydrogen-bond donors (Lipinski definition) is 1. The SMILES string of the molecule is CC(N)C(=O)N(C)Cc1nccn1C. The number of carbonyl (C=O) groups excluding carboxylic acids is 1. The molecule has 0 bridgehead atoms. The monoisotopic (exact) mass is 196 g/mol. The fraction of sp³-hybridized carbons (Fsp3) is 0.556. The fourth-order valence-corrected chi connectivity index (χ4v) is 1.19. The summed E-state index contributed by atoms with van der Waals surface area (Å²) in [5, 5.41) is 0. The third kappa shape index (κ3) is 2.32. The minimum Gasteiger partial charge on any atom is -0.337 e. The predicted octanol–water partition coefficient (Wildman–Crippen LogP) is -0.274. The van der Waals surface area contributed by atoms with Gasteiger partial charge >= 0.3 is 0 Å². The zero-order valence-corrected chi connectivity index (χ0v) is 8.77. The van der Waals surface area contributed by atoms with E-state index in [9.17, 15) is 4.79 Å². The summed E-state index contributed by atoms with van der Waals surface area (Å²) in [6.45, 7) is 2.17. The molecule has 0 aromatic carbocycles. The number of nitrogens with two attached hydrogens (primary N) is 1. The average molecular weight is 196 g/mol. The number of nitrogens with zero attached hydrogens (tertiary/aromatic N) is 3. The molecule has 0 saturated carbocycles. The Morgan fingerprint density at radius 2 is 2.43 bits per heavy atom. The summed E-state index contributed by atoms with van der Waals surface area (Å²) in [7, 11) is 3.62. The maximum atomic E-state index is 11.4. The molecule has 1 atom stereocenters. The van der Waals surface area contributed by atoms with Gasteiger partial charge in [0, 0.05) is 26.5 Å². The molecule has 0 fully saturated rings. The molecule has 0 radical (unpaired) electrons. The second-order valence-electron chi connectivity index (χ2n) is 3.44. The van der Waals surface area contributed by atoms with Gasteiger partial charge in [-0.1, -0.05) is 0 Å². The number of hydrogen-bond acceptors (Lipinski definition) is 3. The van der Waals surface area contributed by atoms with Crippen molar-refractivity contribution in [3.63, 3.8) is 0 Å². The second kappa shape index (κ2) is 4.23. The van der Waals surface area contributed by atoms with Gasteiger partial charge < -0.3 is 15.2 Å². The number of carbonyl (C=O) groups is 1. The van der Waals surface area contributed by atoms with E-state index in [2.05, 4.69) is 4.98 Å². The molecule has 1 aromatic heterocycles. The van der Waals surface area contributed by atoms with Crippen molar-refractivity contribution < 1.29 is 4.79 Å². The van der Waals surface area contributed by atoms with Crippen molar-refractivity contribution in [3.8, 4) is 0 Å². The highest BCUT2D eigenvalue weighted by atomic mass is 16.2. The van der Waals surface area contributed by atoms with Crippen molar-refractivity contribution in [3.05, 3.63) is 18.2 Å². The lowest BCUT2D eigenvalue weighted by Gasteiger charge is -2.18. The largest absolute Gasteiger partial charge is 0.337 e. The molecular weight excluding hydrogens is 180 g/mol. The van der Waals surface area contributed by atoms with Crippen molar-refractivity contribution >= 4 is 5.91 Å². The van der Waals surface area contributed by atoms with E-state index >= 15 is 0 Å². The molecule has 0 saturated heterocycles. The van der Waals surface area contributed by atoms with E-state index in [1.165, 1.54) is 0 Å². The minimum absolute atomic E-state index is 0.0759. The van der Waals surface area contributed by atoms with Gasteiger partial charge in [-0.2, -0.15) is 0 Å². The van der Waals surface area contributed by atoms with E-state index < -0.39 is 6.04 Å². The van der Waals surface area contributed by atoms with Gasteiger partial charge in [0.25, 0.3) is 0 Å². The topological polar surface area (TPSA) is 64.2 Å². The zero-order chi connectivity index (χ0) is 10.7. The lowest BCUT2D eigenvalue weighted by Crippen LogP contribution is -2.39. The molecule has 0 aliphatic heterocycles.